The van der Waals surface area contributed by atoms with Crippen molar-refractivity contribution in [1.82, 2.24) is 15.0 Å². The number of nitro groups is 1. The topological polar surface area (TPSA) is 118 Å². The minimum atomic E-state index is -0.475. The van der Waals surface area contributed by atoms with Gasteiger partial charge in [0.05, 0.1) is 4.92 Å². The second kappa shape index (κ2) is 6.86. The molecule has 2 heterocycles. The predicted molar refractivity (Wildman–Crippen MR) is 86.5 cm³/mol. The smallest absolute Gasteiger partial charge is 0.329 e. The molecule has 1 fully saturated rings. The van der Waals surface area contributed by atoms with Crippen LogP contribution in [0.2, 0.25) is 0 Å². The van der Waals surface area contributed by atoms with E-state index in [9.17, 15) is 10.1 Å². The van der Waals surface area contributed by atoms with Gasteiger partial charge in [-0.15, -0.1) is 0 Å². The average Bonchev–Trinajstić information content (AvgIpc) is 3.36. The molecule has 0 spiro atoms. The molecule has 2 aromatic rings. The zero-order valence-corrected chi connectivity index (χ0v) is 12.4. The van der Waals surface area contributed by atoms with Crippen LogP contribution < -0.4 is 16.0 Å². The maximum Gasteiger partial charge on any atom is 0.329 e. The van der Waals surface area contributed by atoms with E-state index in [1.807, 2.05) is 18.2 Å². The number of hydrogen-bond donors (Lipinski definition) is 3. The Morgan fingerprint density at radius 2 is 2.04 bits per heavy atom. The van der Waals surface area contributed by atoms with Crippen molar-refractivity contribution in [2.75, 3.05) is 29.0 Å². The Morgan fingerprint density at radius 1 is 1.22 bits per heavy atom. The minimum absolute atomic E-state index is 0.103. The summed E-state index contributed by atoms with van der Waals surface area (Å²) in [4.78, 5) is 22.9. The molecule has 1 saturated carbocycles. The summed E-state index contributed by atoms with van der Waals surface area (Å²) in [6.45, 7) is 1.19. The molecule has 3 N–H and O–H groups in total. The second-order valence-corrected chi connectivity index (χ2v) is 5.17. The number of nitrogens with one attached hydrogen (secondary N) is 3. The number of rotatable bonds is 8. The lowest BCUT2D eigenvalue weighted by Gasteiger charge is -2.09. The van der Waals surface area contributed by atoms with Crippen LogP contribution in [0.15, 0.2) is 30.6 Å². The van der Waals surface area contributed by atoms with Gasteiger partial charge in [0.25, 0.3) is 0 Å². The maximum absolute atomic E-state index is 11.0. The zero-order valence-electron chi connectivity index (χ0n) is 12.4. The van der Waals surface area contributed by atoms with Gasteiger partial charge >= 0.3 is 5.69 Å². The Labute approximate surface area is 132 Å². The van der Waals surface area contributed by atoms with Crippen LogP contribution in [-0.2, 0) is 0 Å². The van der Waals surface area contributed by atoms with E-state index in [0.717, 1.165) is 18.7 Å². The van der Waals surface area contributed by atoms with Gasteiger partial charge in [-0.25, -0.2) is 9.97 Å². The molecular weight excluding hydrogens is 298 g/mol. The monoisotopic (exact) mass is 315 g/mol. The quantitative estimate of drug-likeness (QED) is 0.384. The Balaban J connectivity index is 1.55. The van der Waals surface area contributed by atoms with Gasteiger partial charge in [-0.1, -0.05) is 6.07 Å². The molecule has 0 bridgehead atoms. The molecule has 3 rings (SSSR count). The third-order valence-corrected chi connectivity index (χ3v) is 3.26. The lowest BCUT2D eigenvalue weighted by Crippen LogP contribution is -2.16. The third kappa shape index (κ3) is 4.25. The standard InChI is InChI=1S/C14H17N7O2/c22-21(23)11-9-18-14(20-13(11)19-10-4-5-10)17-8-7-16-12-3-1-2-6-15-12/h1-3,6,9-10H,4-5,7-8H2,(H,15,16)(H2,17,18,19,20). The summed E-state index contributed by atoms with van der Waals surface area (Å²) in [5.41, 5.74) is -0.103. The van der Waals surface area contributed by atoms with Gasteiger partial charge in [0.15, 0.2) is 0 Å². The summed E-state index contributed by atoms with van der Waals surface area (Å²) in [6.07, 6.45) is 4.97. The van der Waals surface area contributed by atoms with E-state index in [1.165, 1.54) is 6.20 Å². The van der Waals surface area contributed by atoms with Crippen LogP contribution >= 0.6 is 0 Å². The maximum atomic E-state index is 11.0. The molecule has 9 nitrogen and oxygen atoms in total. The predicted octanol–water partition coefficient (Wildman–Crippen LogP) is 1.88. The third-order valence-electron chi connectivity index (χ3n) is 3.26. The first-order valence-electron chi connectivity index (χ1n) is 7.39. The van der Waals surface area contributed by atoms with Crippen molar-refractivity contribution in [3.8, 4) is 0 Å². The summed E-state index contributed by atoms with van der Waals surface area (Å²) in [7, 11) is 0. The van der Waals surface area contributed by atoms with Crippen molar-refractivity contribution in [2.45, 2.75) is 18.9 Å². The number of hydrogen-bond acceptors (Lipinski definition) is 8. The second-order valence-electron chi connectivity index (χ2n) is 5.17. The van der Waals surface area contributed by atoms with Crippen molar-refractivity contribution >= 4 is 23.3 Å². The molecule has 0 aromatic carbocycles. The summed E-state index contributed by atoms with van der Waals surface area (Å²) in [5, 5.41) is 20.3. The number of pyridine rings is 1. The van der Waals surface area contributed by atoms with E-state index >= 15 is 0 Å². The van der Waals surface area contributed by atoms with Gasteiger partial charge in [0.1, 0.15) is 12.0 Å². The summed E-state index contributed by atoms with van der Waals surface area (Å²) < 4.78 is 0. The normalized spacial score (nSPS) is 13.4. The number of aromatic nitrogens is 3. The molecular formula is C14H17N7O2. The first kappa shape index (κ1) is 14.9. The van der Waals surface area contributed by atoms with Crippen LogP contribution in [0.1, 0.15) is 12.8 Å². The van der Waals surface area contributed by atoms with E-state index in [-0.39, 0.29) is 17.5 Å². The fourth-order valence-electron chi connectivity index (χ4n) is 1.95. The molecule has 0 aliphatic heterocycles. The molecule has 0 unspecified atom stereocenters. The van der Waals surface area contributed by atoms with Gasteiger partial charge in [-0.05, 0) is 25.0 Å². The Kier molecular flexibility index (Phi) is 4.46. The summed E-state index contributed by atoms with van der Waals surface area (Å²) in [6, 6.07) is 5.91. The van der Waals surface area contributed by atoms with Crippen molar-refractivity contribution in [3.05, 3.63) is 40.7 Å². The van der Waals surface area contributed by atoms with Gasteiger partial charge in [-0.3, -0.25) is 10.1 Å². The summed E-state index contributed by atoms with van der Waals surface area (Å²) >= 11 is 0. The van der Waals surface area contributed by atoms with Gasteiger partial charge in [0, 0.05) is 25.3 Å². The van der Waals surface area contributed by atoms with E-state index in [1.54, 1.807) is 6.20 Å². The lowest BCUT2D eigenvalue weighted by atomic mass is 10.4. The van der Waals surface area contributed by atoms with E-state index in [2.05, 4.69) is 30.9 Å². The highest BCUT2D eigenvalue weighted by molar-refractivity contribution is 5.58. The molecule has 1 aliphatic rings. The van der Waals surface area contributed by atoms with Crippen LogP contribution in [0, 0.1) is 10.1 Å². The molecule has 120 valence electrons. The van der Waals surface area contributed by atoms with Crippen LogP contribution in [0.3, 0.4) is 0 Å². The minimum Gasteiger partial charge on any atom is -0.368 e. The van der Waals surface area contributed by atoms with Crippen LogP contribution in [-0.4, -0.2) is 39.0 Å². The van der Waals surface area contributed by atoms with Crippen molar-refractivity contribution in [3.63, 3.8) is 0 Å². The van der Waals surface area contributed by atoms with Crippen LogP contribution in [0.25, 0.3) is 0 Å². The van der Waals surface area contributed by atoms with Crippen LogP contribution in [0.4, 0.5) is 23.3 Å². The number of nitrogens with zero attached hydrogens (tertiary/aromatic N) is 4. The van der Waals surface area contributed by atoms with E-state index < -0.39 is 4.92 Å². The highest BCUT2D eigenvalue weighted by atomic mass is 16.6. The van der Waals surface area contributed by atoms with Gasteiger partial charge in [-0.2, -0.15) is 4.98 Å². The molecule has 1 aliphatic carbocycles. The molecule has 0 saturated heterocycles. The first-order valence-corrected chi connectivity index (χ1v) is 7.39. The SMILES string of the molecule is O=[N+]([O-])c1cnc(NCCNc2ccccn2)nc1NC1CC1. The molecule has 0 radical (unpaired) electrons. The van der Waals surface area contributed by atoms with Crippen LogP contribution in [0.5, 0.6) is 0 Å². The Hall–Kier alpha value is -2.97. The molecule has 2 aromatic heterocycles. The Morgan fingerprint density at radius 3 is 2.74 bits per heavy atom. The number of anilines is 3. The van der Waals surface area contributed by atoms with Gasteiger partial charge in [0.2, 0.25) is 11.8 Å². The Bertz CT molecular complexity index is 676. The van der Waals surface area contributed by atoms with E-state index in [4.69, 9.17) is 0 Å². The molecule has 9 heteroatoms. The van der Waals surface area contributed by atoms with Crippen molar-refractivity contribution in [1.29, 1.82) is 0 Å². The highest BCUT2D eigenvalue weighted by Gasteiger charge is 2.26. The average molecular weight is 315 g/mol. The molecule has 0 amide bonds. The zero-order chi connectivity index (χ0) is 16.1. The highest BCUT2D eigenvalue weighted by Crippen LogP contribution is 2.29. The molecule has 0 atom stereocenters. The van der Waals surface area contributed by atoms with E-state index in [0.29, 0.717) is 19.0 Å². The van der Waals surface area contributed by atoms with Crippen molar-refractivity contribution < 1.29 is 4.92 Å². The first-order chi connectivity index (χ1) is 11.2. The largest absolute Gasteiger partial charge is 0.368 e. The van der Waals surface area contributed by atoms with Crippen molar-refractivity contribution in [2.24, 2.45) is 0 Å². The molecule has 23 heavy (non-hydrogen) atoms. The lowest BCUT2D eigenvalue weighted by molar-refractivity contribution is -0.384. The van der Waals surface area contributed by atoms with Gasteiger partial charge < -0.3 is 16.0 Å². The fourth-order valence-corrected chi connectivity index (χ4v) is 1.95. The summed E-state index contributed by atoms with van der Waals surface area (Å²) in [5.74, 6) is 1.42. The fraction of sp³-hybridized carbons (Fsp3) is 0.357.